The fourth-order valence-electron chi connectivity index (χ4n) is 4.96. The van der Waals surface area contributed by atoms with Crippen molar-refractivity contribution in [2.24, 2.45) is 0 Å². The largest absolute Gasteiger partial charge is 0.378 e. The van der Waals surface area contributed by atoms with Gasteiger partial charge in [0.1, 0.15) is 5.82 Å². The zero-order valence-electron chi connectivity index (χ0n) is 20.8. The van der Waals surface area contributed by atoms with Crippen molar-refractivity contribution < 1.29 is 9.53 Å². The van der Waals surface area contributed by atoms with Gasteiger partial charge in [-0.25, -0.2) is 10.4 Å². The number of nitrogens with zero attached hydrogens (tertiary/aromatic N) is 7. The second-order valence-corrected chi connectivity index (χ2v) is 9.70. The molecule has 0 saturated carbocycles. The lowest BCUT2D eigenvalue weighted by molar-refractivity contribution is 0.0658. The van der Waals surface area contributed by atoms with Crippen LogP contribution in [0.4, 0.5) is 11.6 Å². The molecule has 1 aromatic carbocycles. The maximum atomic E-state index is 13.3. The van der Waals surface area contributed by atoms with Gasteiger partial charge in [0.15, 0.2) is 17.2 Å². The summed E-state index contributed by atoms with van der Waals surface area (Å²) in [6.45, 7) is 8.10. The molecule has 5 heterocycles. The predicted octanol–water partition coefficient (Wildman–Crippen LogP) is 1.84. The van der Waals surface area contributed by atoms with E-state index in [9.17, 15) is 4.79 Å². The number of rotatable bonds is 4. The monoisotopic (exact) mass is 488 g/mol. The zero-order chi connectivity index (χ0) is 24.6. The number of amides is 1. The first-order chi connectivity index (χ1) is 17.5. The van der Waals surface area contributed by atoms with Crippen molar-refractivity contribution in [2.75, 3.05) is 69.4 Å². The van der Waals surface area contributed by atoms with Crippen LogP contribution >= 0.6 is 0 Å². The summed E-state index contributed by atoms with van der Waals surface area (Å²) in [5.41, 5.74) is 7.05. The van der Waals surface area contributed by atoms with Gasteiger partial charge in [-0.15, -0.1) is 0 Å². The molecule has 0 aliphatic carbocycles. The highest BCUT2D eigenvalue weighted by Gasteiger charge is 2.26. The lowest BCUT2D eigenvalue weighted by atomic mass is 10.1. The van der Waals surface area contributed by atoms with E-state index in [0.717, 1.165) is 37.8 Å². The average molecular weight is 489 g/mol. The number of likely N-dealkylation sites (N-methyl/N-ethyl adjacent to an activating group) is 1. The van der Waals surface area contributed by atoms with E-state index in [4.69, 9.17) is 14.8 Å². The number of hydrazine groups is 1. The van der Waals surface area contributed by atoms with Gasteiger partial charge in [0.2, 0.25) is 0 Å². The number of anilines is 2. The molecule has 3 aliphatic rings. The molecule has 3 aromatic rings. The summed E-state index contributed by atoms with van der Waals surface area (Å²) < 4.78 is 7.38. The summed E-state index contributed by atoms with van der Waals surface area (Å²) in [6.07, 6.45) is 4.15. The van der Waals surface area contributed by atoms with Gasteiger partial charge in [0, 0.05) is 57.6 Å². The van der Waals surface area contributed by atoms with E-state index in [2.05, 4.69) is 59.5 Å². The van der Waals surface area contributed by atoms with Crippen LogP contribution in [0.15, 0.2) is 48.7 Å². The Bertz CT molecular complexity index is 1290. The molecular weight excluding hydrogens is 456 g/mol. The molecule has 1 unspecified atom stereocenters. The van der Waals surface area contributed by atoms with Gasteiger partial charge < -0.3 is 19.4 Å². The molecule has 2 saturated heterocycles. The van der Waals surface area contributed by atoms with Crippen LogP contribution in [-0.4, -0.2) is 89.8 Å². The van der Waals surface area contributed by atoms with Crippen molar-refractivity contribution >= 4 is 23.2 Å². The Morgan fingerprint density at radius 2 is 1.86 bits per heavy atom. The van der Waals surface area contributed by atoms with Crippen molar-refractivity contribution in [3.05, 3.63) is 65.5 Å². The summed E-state index contributed by atoms with van der Waals surface area (Å²) >= 11 is 0. The quantitative estimate of drug-likeness (QED) is 0.596. The van der Waals surface area contributed by atoms with Gasteiger partial charge in [-0.3, -0.25) is 9.80 Å². The molecule has 1 atom stereocenters. The second kappa shape index (κ2) is 9.53. The molecule has 188 valence electrons. The lowest BCUT2D eigenvalue weighted by Crippen LogP contribution is -2.47. The summed E-state index contributed by atoms with van der Waals surface area (Å²) in [5.74, 6) is 1.63. The molecule has 0 spiro atoms. The van der Waals surface area contributed by atoms with Crippen LogP contribution in [0, 0.1) is 6.92 Å². The van der Waals surface area contributed by atoms with E-state index in [-0.39, 0.29) is 11.9 Å². The number of ether oxygens (including phenoxy) is 1. The van der Waals surface area contributed by atoms with E-state index >= 15 is 0 Å². The van der Waals surface area contributed by atoms with Crippen molar-refractivity contribution in [2.45, 2.75) is 13.0 Å². The number of carbonyl (C=O) groups is 1. The van der Waals surface area contributed by atoms with Gasteiger partial charge in [-0.05, 0) is 25.6 Å². The molecule has 1 N–H and O–H groups in total. The second-order valence-electron chi connectivity index (χ2n) is 9.70. The molecule has 3 aliphatic heterocycles. The number of aryl methyl sites for hydroxylation is 1. The number of morpholine rings is 1. The molecule has 6 rings (SSSR count). The van der Waals surface area contributed by atoms with Crippen LogP contribution in [0.1, 0.15) is 27.7 Å². The molecule has 10 nitrogen and oxygen atoms in total. The van der Waals surface area contributed by atoms with E-state index in [1.807, 2.05) is 28.2 Å². The van der Waals surface area contributed by atoms with Crippen LogP contribution < -0.4 is 15.3 Å². The maximum absolute atomic E-state index is 13.3. The number of nitrogens with one attached hydrogen (secondary N) is 1. The first-order valence-corrected chi connectivity index (χ1v) is 12.6. The van der Waals surface area contributed by atoms with Gasteiger partial charge >= 0.3 is 0 Å². The van der Waals surface area contributed by atoms with Crippen molar-refractivity contribution in [3.8, 4) is 0 Å². The minimum absolute atomic E-state index is 0.0400. The summed E-state index contributed by atoms with van der Waals surface area (Å²) in [7, 11) is 2.08. The first-order valence-electron chi connectivity index (χ1n) is 12.6. The molecule has 0 radical (unpaired) electrons. The number of carbonyl (C=O) groups excluding carboxylic acids is 1. The highest BCUT2D eigenvalue weighted by molar-refractivity contribution is 5.93. The summed E-state index contributed by atoms with van der Waals surface area (Å²) in [5, 5.41) is 6.68. The van der Waals surface area contributed by atoms with Gasteiger partial charge in [-0.1, -0.05) is 29.8 Å². The number of fused-ring (bicyclic) bond motifs is 1. The normalized spacial score (nSPS) is 21.1. The summed E-state index contributed by atoms with van der Waals surface area (Å²) in [6, 6.07) is 12.4. The zero-order valence-corrected chi connectivity index (χ0v) is 20.8. The third kappa shape index (κ3) is 4.43. The van der Waals surface area contributed by atoms with E-state index < -0.39 is 0 Å². The van der Waals surface area contributed by atoms with Crippen molar-refractivity contribution in [3.63, 3.8) is 0 Å². The molecule has 0 bridgehead atoms. The Hall–Kier alpha value is -3.47. The highest BCUT2D eigenvalue weighted by atomic mass is 16.5. The topological polar surface area (TPSA) is 81.5 Å². The number of benzene rings is 1. The average Bonchev–Trinajstić information content (AvgIpc) is 3.57. The minimum atomic E-state index is -0.0400. The minimum Gasteiger partial charge on any atom is -0.378 e. The Labute approximate surface area is 210 Å². The van der Waals surface area contributed by atoms with Gasteiger partial charge in [0.05, 0.1) is 19.3 Å². The highest BCUT2D eigenvalue weighted by Crippen LogP contribution is 2.28. The molecule has 1 amide bonds. The SMILES string of the molecule is Cc1cccc(C2C=CN(c3cc(N4CCOCC4)n4nc(C(=O)N5CCN(C)CC5)cc4n3)N2)c1. The molecule has 10 heteroatoms. The van der Waals surface area contributed by atoms with E-state index in [0.29, 0.717) is 37.6 Å². The number of aromatic nitrogens is 3. The van der Waals surface area contributed by atoms with E-state index in [1.165, 1.54) is 11.1 Å². The lowest BCUT2D eigenvalue weighted by Gasteiger charge is -2.31. The fraction of sp³-hybridized carbons (Fsp3) is 0.423. The molecule has 2 aromatic heterocycles. The van der Waals surface area contributed by atoms with Crippen molar-refractivity contribution in [1.82, 2.24) is 29.8 Å². The maximum Gasteiger partial charge on any atom is 0.274 e. The standard InChI is InChI=1S/C26H32N8O2/c1-19-4-3-5-20(16-19)21-6-7-33(28-21)23-18-25(31-12-14-36-15-13-31)34-24(27-23)17-22(29-34)26(35)32-10-8-30(2)9-11-32/h3-7,16-18,21,28H,8-15H2,1-2H3. The van der Waals surface area contributed by atoms with Crippen molar-refractivity contribution in [1.29, 1.82) is 0 Å². The predicted molar refractivity (Wildman–Crippen MR) is 138 cm³/mol. The van der Waals surface area contributed by atoms with E-state index in [1.54, 1.807) is 4.52 Å². The van der Waals surface area contributed by atoms with Gasteiger partial charge in [-0.2, -0.15) is 9.61 Å². The Balaban J connectivity index is 1.33. The molecule has 2 fully saturated rings. The van der Waals surface area contributed by atoms with Crippen LogP contribution in [0.2, 0.25) is 0 Å². The van der Waals surface area contributed by atoms with Crippen LogP contribution in [-0.2, 0) is 4.74 Å². The Morgan fingerprint density at radius 1 is 1.06 bits per heavy atom. The smallest absolute Gasteiger partial charge is 0.274 e. The number of hydrogen-bond donors (Lipinski definition) is 1. The fourth-order valence-corrected chi connectivity index (χ4v) is 4.96. The number of hydrogen-bond acceptors (Lipinski definition) is 8. The molecule has 36 heavy (non-hydrogen) atoms. The van der Waals surface area contributed by atoms with Crippen LogP contribution in [0.3, 0.4) is 0 Å². The third-order valence-corrected chi connectivity index (χ3v) is 7.09. The van der Waals surface area contributed by atoms with Gasteiger partial charge in [0.25, 0.3) is 5.91 Å². The third-order valence-electron chi connectivity index (χ3n) is 7.09. The Kier molecular flexibility index (Phi) is 6.08. The molecular formula is C26H32N8O2. The number of piperazine rings is 1. The summed E-state index contributed by atoms with van der Waals surface area (Å²) in [4.78, 5) is 24.5. The Morgan fingerprint density at radius 3 is 2.64 bits per heavy atom. The van der Waals surface area contributed by atoms with Crippen LogP contribution in [0.25, 0.3) is 5.65 Å². The first kappa shape index (κ1) is 23.0. The van der Waals surface area contributed by atoms with Crippen LogP contribution in [0.5, 0.6) is 0 Å².